The highest BCUT2D eigenvalue weighted by Crippen LogP contribution is 2.19. The molecule has 1 heterocycles. The van der Waals surface area contributed by atoms with E-state index in [1.54, 1.807) is 6.07 Å². The maximum absolute atomic E-state index is 13.9. The number of benzene rings is 1. The molecule has 0 aliphatic rings. The zero-order valence-corrected chi connectivity index (χ0v) is 10.6. The molecule has 1 aromatic carbocycles. The Morgan fingerprint density at radius 1 is 1.33 bits per heavy atom. The largest absolute Gasteiger partial charge is 0.382 e. The molecule has 0 fully saturated rings. The number of hydrogen-bond donors (Lipinski definition) is 1. The molecule has 2 rings (SSSR count). The van der Waals surface area contributed by atoms with Crippen LogP contribution < -0.4 is 5.32 Å². The highest BCUT2D eigenvalue weighted by atomic mass is 19.1. The van der Waals surface area contributed by atoms with Crippen LogP contribution in [0.5, 0.6) is 0 Å². The van der Waals surface area contributed by atoms with E-state index in [1.807, 2.05) is 6.07 Å². The molecule has 96 valence electrons. The minimum Gasteiger partial charge on any atom is -0.382 e. The second-order valence-electron chi connectivity index (χ2n) is 4.16. The maximum Gasteiger partial charge on any atom is 0.150 e. The molecule has 0 amide bonds. The number of nitrogens with one attached hydrogen (secondary N) is 1. The highest BCUT2D eigenvalue weighted by Gasteiger charge is 2.08. The van der Waals surface area contributed by atoms with E-state index in [2.05, 4.69) is 29.2 Å². The van der Waals surface area contributed by atoms with Gasteiger partial charge >= 0.3 is 0 Å². The lowest BCUT2D eigenvalue weighted by molar-refractivity contribution is 0.609. The molecule has 0 aliphatic heterocycles. The molecule has 0 atom stereocenters. The van der Waals surface area contributed by atoms with Crippen LogP contribution in [0, 0.1) is 5.82 Å². The van der Waals surface area contributed by atoms with E-state index in [-0.39, 0.29) is 5.82 Å². The van der Waals surface area contributed by atoms with Gasteiger partial charge in [-0.15, -0.1) is 0 Å². The van der Waals surface area contributed by atoms with Gasteiger partial charge in [0.25, 0.3) is 0 Å². The molecule has 4 nitrogen and oxygen atoms in total. The Balaban J connectivity index is 2.20. The van der Waals surface area contributed by atoms with Crippen molar-refractivity contribution in [1.29, 1.82) is 0 Å². The molecule has 1 aromatic heterocycles. The third kappa shape index (κ3) is 2.67. The minimum atomic E-state index is -0.309. The van der Waals surface area contributed by atoms with Gasteiger partial charge < -0.3 is 5.32 Å². The molecular weight excluding hydrogens is 231 g/mol. The number of anilines is 1. The fraction of sp³-hybridized carbons (Fsp3) is 0.385. The summed E-state index contributed by atoms with van der Waals surface area (Å²) in [5, 5.41) is 7.22. The molecular formula is C13H17FN4. The number of aromatic nitrogens is 3. The van der Waals surface area contributed by atoms with Gasteiger partial charge in [0, 0.05) is 11.7 Å². The monoisotopic (exact) mass is 248 g/mol. The van der Waals surface area contributed by atoms with Crippen LogP contribution >= 0.6 is 0 Å². The van der Waals surface area contributed by atoms with E-state index in [4.69, 9.17) is 0 Å². The topological polar surface area (TPSA) is 42.7 Å². The summed E-state index contributed by atoms with van der Waals surface area (Å²) in [5.74, 6) is -0.309. The molecule has 0 bridgehead atoms. The number of halogens is 1. The Morgan fingerprint density at radius 3 is 2.67 bits per heavy atom. The first-order valence-electron chi connectivity index (χ1n) is 6.15. The summed E-state index contributed by atoms with van der Waals surface area (Å²) in [4.78, 5) is 3.81. The van der Waals surface area contributed by atoms with Crippen molar-refractivity contribution in [1.82, 2.24) is 14.8 Å². The third-order valence-electron chi connectivity index (χ3n) is 2.97. The summed E-state index contributed by atoms with van der Waals surface area (Å²) in [6, 6.07) is 5.43. The molecule has 0 saturated carbocycles. The van der Waals surface area contributed by atoms with E-state index >= 15 is 0 Å². The summed E-state index contributed by atoms with van der Waals surface area (Å²) < 4.78 is 15.4. The van der Waals surface area contributed by atoms with Crippen molar-refractivity contribution < 1.29 is 4.39 Å². The molecule has 5 heteroatoms. The first-order valence-corrected chi connectivity index (χ1v) is 6.15. The summed E-state index contributed by atoms with van der Waals surface area (Å²) in [6.45, 7) is 4.22. The molecule has 1 N–H and O–H groups in total. The molecule has 0 unspecified atom stereocenters. The number of nitrogens with zero attached hydrogens (tertiary/aromatic N) is 3. The van der Waals surface area contributed by atoms with Gasteiger partial charge in [0.1, 0.15) is 18.3 Å². The van der Waals surface area contributed by atoms with Crippen molar-refractivity contribution in [2.45, 2.75) is 32.7 Å². The second kappa shape index (κ2) is 5.62. The summed E-state index contributed by atoms with van der Waals surface area (Å²) >= 11 is 0. The molecule has 18 heavy (non-hydrogen) atoms. The van der Waals surface area contributed by atoms with Crippen LogP contribution in [0.15, 0.2) is 30.9 Å². The average molecular weight is 248 g/mol. The van der Waals surface area contributed by atoms with Gasteiger partial charge in [-0.2, -0.15) is 5.10 Å². The Labute approximate surface area is 106 Å². The van der Waals surface area contributed by atoms with Crippen LogP contribution in [0.4, 0.5) is 10.1 Å². The Kier molecular flexibility index (Phi) is 3.92. The molecule has 0 radical (unpaired) electrons. The van der Waals surface area contributed by atoms with E-state index in [1.165, 1.54) is 23.4 Å². The maximum atomic E-state index is 13.9. The van der Waals surface area contributed by atoms with Crippen LogP contribution in [0.2, 0.25) is 0 Å². The van der Waals surface area contributed by atoms with Gasteiger partial charge in [0.05, 0.1) is 0 Å². The average Bonchev–Trinajstić information content (AvgIpc) is 2.89. The van der Waals surface area contributed by atoms with Gasteiger partial charge in [0.15, 0.2) is 5.82 Å². The van der Waals surface area contributed by atoms with Crippen LogP contribution in [0.1, 0.15) is 26.7 Å². The van der Waals surface area contributed by atoms with Gasteiger partial charge in [-0.3, -0.25) is 0 Å². The first-order chi connectivity index (χ1) is 8.74. The van der Waals surface area contributed by atoms with Gasteiger partial charge in [0.2, 0.25) is 0 Å². The zero-order valence-electron chi connectivity index (χ0n) is 10.6. The lowest BCUT2D eigenvalue weighted by Crippen LogP contribution is -2.17. The molecule has 0 saturated heterocycles. The Hall–Kier alpha value is -1.91. The van der Waals surface area contributed by atoms with E-state index < -0.39 is 0 Å². The second-order valence-corrected chi connectivity index (χ2v) is 4.16. The van der Waals surface area contributed by atoms with Crippen LogP contribution in [-0.2, 0) is 0 Å². The molecule has 0 aliphatic carbocycles. The number of hydrogen-bond acceptors (Lipinski definition) is 3. The standard InChI is InChI=1S/C13H17FN4/c1-3-10(4-2)17-11-5-6-13(12(14)7-11)18-9-15-8-16-18/h5-10,17H,3-4H2,1-2H3. The smallest absolute Gasteiger partial charge is 0.150 e. The summed E-state index contributed by atoms with van der Waals surface area (Å²) in [7, 11) is 0. The SMILES string of the molecule is CCC(CC)Nc1ccc(-n2cncn2)c(F)c1. The predicted octanol–water partition coefficient (Wildman–Crippen LogP) is 3.01. The van der Waals surface area contributed by atoms with E-state index in [0.29, 0.717) is 11.7 Å². The van der Waals surface area contributed by atoms with Gasteiger partial charge in [-0.05, 0) is 31.0 Å². The lowest BCUT2D eigenvalue weighted by Gasteiger charge is -2.16. The van der Waals surface area contributed by atoms with Crippen molar-refractivity contribution >= 4 is 5.69 Å². The van der Waals surface area contributed by atoms with Crippen molar-refractivity contribution in [2.75, 3.05) is 5.32 Å². The van der Waals surface area contributed by atoms with Crippen molar-refractivity contribution in [3.05, 3.63) is 36.7 Å². The quantitative estimate of drug-likeness (QED) is 0.884. The highest BCUT2D eigenvalue weighted by molar-refractivity contribution is 5.50. The summed E-state index contributed by atoms with van der Waals surface area (Å²) in [5.41, 5.74) is 1.20. The third-order valence-corrected chi connectivity index (χ3v) is 2.97. The summed E-state index contributed by atoms with van der Waals surface area (Å²) in [6.07, 6.45) is 4.90. The van der Waals surface area contributed by atoms with Crippen molar-refractivity contribution in [3.8, 4) is 5.69 Å². The van der Waals surface area contributed by atoms with Crippen molar-refractivity contribution in [2.24, 2.45) is 0 Å². The normalized spacial score (nSPS) is 10.9. The van der Waals surface area contributed by atoms with Gasteiger partial charge in [-0.1, -0.05) is 13.8 Å². The van der Waals surface area contributed by atoms with Crippen molar-refractivity contribution in [3.63, 3.8) is 0 Å². The van der Waals surface area contributed by atoms with Crippen LogP contribution in [-0.4, -0.2) is 20.8 Å². The minimum absolute atomic E-state index is 0.309. The van der Waals surface area contributed by atoms with E-state index in [0.717, 1.165) is 18.5 Å². The predicted molar refractivity (Wildman–Crippen MR) is 69.3 cm³/mol. The zero-order chi connectivity index (χ0) is 13.0. The van der Waals surface area contributed by atoms with E-state index in [9.17, 15) is 4.39 Å². The Morgan fingerprint density at radius 2 is 2.11 bits per heavy atom. The molecule has 0 spiro atoms. The van der Waals surface area contributed by atoms with Crippen LogP contribution in [0.25, 0.3) is 5.69 Å². The first kappa shape index (κ1) is 12.5. The Bertz CT molecular complexity index is 492. The fourth-order valence-electron chi connectivity index (χ4n) is 1.84. The number of rotatable bonds is 5. The van der Waals surface area contributed by atoms with Gasteiger partial charge in [-0.25, -0.2) is 14.1 Å². The fourth-order valence-corrected chi connectivity index (χ4v) is 1.84. The lowest BCUT2D eigenvalue weighted by atomic mass is 10.1. The van der Waals surface area contributed by atoms with Crippen LogP contribution in [0.3, 0.4) is 0 Å². The molecule has 2 aromatic rings.